The van der Waals surface area contributed by atoms with E-state index in [4.69, 9.17) is 4.74 Å². The summed E-state index contributed by atoms with van der Waals surface area (Å²) in [7, 11) is 0. The van der Waals surface area contributed by atoms with Gasteiger partial charge < -0.3 is 4.74 Å². The van der Waals surface area contributed by atoms with Crippen LogP contribution in [0.2, 0.25) is 0 Å². The van der Waals surface area contributed by atoms with Crippen LogP contribution in [0.15, 0.2) is 36.9 Å². The van der Waals surface area contributed by atoms with Gasteiger partial charge in [-0.25, -0.2) is 0 Å². The highest BCUT2D eigenvalue weighted by Gasteiger charge is 1.94. The lowest BCUT2D eigenvalue weighted by Gasteiger charge is -2.04. The Morgan fingerprint density at radius 2 is 2.00 bits per heavy atom. The van der Waals surface area contributed by atoms with Crippen LogP contribution in [-0.2, 0) is 5.75 Å². The SMILES string of the molecule is [CH2]CSCc1ccc(OCC=C)cc1. The van der Waals surface area contributed by atoms with E-state index in [-0.39, 0.29) is 0 Å². The first kappa shape index (κ1) is 11.2. The van der Waals surface area contributed by atoms with Crippen LogP contribution in [0.4, 0.5) is 0 Å². The largest absolute Gasteiger partial charge is 0.490 e. The predicted molar refractivity (Wildman–Crippen MR) is 63.7 cm³/mol. The van der Waals surface area contributed by atoms with Crippen LogP contribution in [0.3, 0.4) is 0 Å². The number of thioether (sulfide) groups is 1. The van der Waals surface area contributed by atoms with Gasteiger partial charge in [0.05, 0.1) is 0 Å². The zero-order valence-corrected chi connectivity index (χ0v) is 9.06. The van der Waals surface area contributed by atoms with Crippen molar-refractivity contribution in [1.29, 1.82) is 0 Å². The highest BCUT2D eigenvalue weighted by molar-refractivity contribution is 7.98. The molecule has 1 aromatic rings. The van der Waals surface area contributed by atoms with Crippen LogP contribution in [-0.4, -0.2) is 12.4 Å². The van der Waals surface area contributed by atoms with E-state index in [1.54, 1.807) is 6.08 Å². The Kier molecular flexibility index (Phi) is 5.23. The molecule has 0 aliphatic carbocycles. The van der Waals surface area contributed by atoms with Gasteiger partial charge in [0, 0.05) is 5.75 Å². The fourth-order valence-electron chi connectivity index (χ4n) is 1.03. The lowest BCUT2D eigenvalue weighted by molar-refractivity contribution is 0.363. The zero-order chi connectivity index (χ0) is 10.2. The maximum absolute atomic E-state index is 5.38. The van der Waals surface area contributed by atoms with E-state index < -0.39 is 0 Å². The van der Waals surface area contributed by atoms with Crippen molar-refractivity contribution in [3.05, 3.63) is 49.4 Å². The first-order chi connectivity index (χ1) is 6.86. The van der Waals surface area contributed by atoms with Gasteiger partial charge in [-0.05, 0) is 30.4 Å². The summed E-state index contributed by atoms with van der Waals surface area (Å²) in [4.78, 5) is 0. The summed E-state index contributed by atoms with van der Waals surface area (Å²) >= 11 is 1.82. The fraction of sp³-hybridized carbons (Fsp3) is 0.250. The summed E-state index contributed by atoms with van der Waals surface area (Å²) in [6.45, 7) is 7.95. The zero-order valence-electron chi connectivity index (χ0n) is 8.24. The van der Waals surface area contributed by atoms with Crippen molar-refractivity contribution in [2.45, 2.75) is 5.75 Å². The van der Waals surface area contributed by atoms with Crippen LogP contribution in [0.1, 0.15) is 5.56 Å². The Labute approximate surface area is 90.2 Å². The van der Waals surface area contributed by atoms with Gasteiger partial charge in [-0.2, -0.15) is 11.8 Å². The monoisotopic (exact) mass is 207 g/mol. The van der Waals surface area contributed by atoms with Crippen molar-refractivity contribution in [2.24, 2.45) is 0 Å². The minimum atomic E-state index is 0.562. The molecule has 1 aromatic carbocycles. The molecule has 1 nitrogen and oxygen atoms in total. The standard InChI is InChI=1S/C12H15OS/c1-3-9-13-12-7-5-11(6-8-12)10-14-4-2/h3,5-8H,1-2,4,9-10H2. The summed E-state index contributed by atoms with van der Waals surface area (Å²) in [6, 6.07) is 8.15. The van der Waals surface area contributed by atoms with Crippen molar-refractivity contribution in [2.75, 3.05) is 12.4 Å². The Hall–Kier alpha value is -0.890. The topological polar surface area (TPSA) is 9.23 Å². The summed E-state index contributed by atoms with van der Waals surface area (Å²) in [6.07, 6.45) is 1.74. The summed E-state index contributed by atoms with van der Waals surface area (Å²) in [5, 5.41) is 0. The molecule has 0 bridgehead atoms. The lowest BCUT2D eigenvalue weighted by Crippen LogP contribution is -1.92. The smallest absolute Gasteiger partial charge is 0.119 e. The van der Waals surface area contributed by atoms with Gasteiger partial charge in [0.1, 0.15) is 12.4 Å². The minimum absolute atomic E-state index is 0.562. The molecule has 0 saturated heterocycles. The first-order valence-electron chi connectivity index (χ1n) is 4.56. The second-order valence-corrected chi connectivity index (χ2v) is 3.90. The molecule has 0 saturated carbocycles. The molecule has 0 aromatic heterocycles. The van der Waals surface area contributed by atoms with Crippen molar-refractivity contribution in [3.8, 4) is 5.75 Å². The van der Waals surface area contributed by atoms with E-state index in [1.165, 1.54) is 5.56 Å². The number of hydrogen-bond acceptors (Lipinski definition) is 2. The van der Waals surface area contributed by atoms with Gasteiger partial charge in [-0.1, -0.05) is 24.8 Å². The Morgan fingerprint density at radius 3 is 2.57 bits per heavy atom. The van der Waals surface area contributed by atoms with E-state index >= 15 is 0 Å². The van der Waals surface area contributed by atoms with Gasteiger partial charge in [-0.15, -0.1) is 0 Å². The second kappa shape index (κ2) is 6.55. The van der Waals surface area contributed by atoms with Crippen LogP contribution in [0.5, 0.6) is 5.75 Å². The maximum atomic E-state index is 5.38. The van der Waals surface area contributed by atoms with Gasteiger partial charge in [0.25, 0.3) is 0 Å². The Bertz CT molecular complexity index is 266. The number of hydrogen-bond donors (Lipinski definition) is 0. The molecule has 1 rings (SSSR count). The van der Waals surface area contributed by atoms with E-state index in [1.807, 2.05) is 23.9 Å². The highest BCUT2D eigenvalue weighted by Crippen LogP contribution is 2.16. The summed E-state index contributed by atoms with van der Waals surface area (Å²) < 4.78 is 5.38. The molecule has 14 heavy (non-hydrogen) atoms. The van der Waals surface area contributed by atoms with E-state index in [0.29, 0.717) is 6.61 Å². The highest BCUT2D eigenvalue weighted by atomic mass is 32.2. The van der Waals surface area contributed by atoms with Gasteiger partial charge in [0.2, 0.25) is 0 Å². The van der Waals surface area contributed by atoms with Gasteiger partial charge in [-0.3, -0.25) is 0 Å². The van der Waals surface area contributed by atoms with Crippen LogP contribution in [0.25, 0.3) is 0 Å². The number of rotatable bonds is 6. The Morgan fingerprint density at radius 1 is 1.29 bits per heavy atom. The van der Waals surface area contributed by atoms with Crippen molar-refractivity contribution >= 4 is 11.8 Å². The first-order valence-corrected chi connectivity index (χ1v) is 5.72. The molecular weight excluding hydrogens is 192 g/mol. The van der Waals surface area contributed by atoms with E-state index in [2.05, 4.69) is 25.6 Å². The maximum Gasteiger partial charge on any atom is 0.119 e. The third-order valence-corrected chi connectivity index (χ3v) is 2.53. The third-order valence-electron chi connectivity index (χ3n) is 1.70. The lowest BCUT2D eigenvalue weighted by atomic mass is 10.2. The predicted octanol–water partition coefficient (Wildman–Crippen LogP) is 3.32. The molecule has 1 radical (unpaired) electrons. The molecule has 0 spiro atoms. The molecular formula is C12H15OS. The molecule has 0 unspecified atom stereocenters. The third kappa shape index (κ3) is 3.88. The average Bonchev–Trinajstić information content (AvgIpc) is 2.25. The van der Waals surface area contributed by atoms with Crippen LogP contribution in [0, 0.1) is 6.92 Å². The van der Waals surface area contributed by atoms with Crippen molar-refractivity contribution in [3.63, 3.8) is 0 Å². The van der Waals surface area contributed by atoms with Crippen molar-refractivity contribution < 1.29 is 4.74 Å². The minimum Gasteiger partial charge on any atom is -0.490 e. The Balaban J connectivity index is 2.46. The number of benzene rings is 1. The molecule has 0 heterocycles. The average molecular weight is 207 g/mol. The van der Waals surface area contributed by atoms with E-state index in [9.17, 15) is 0 Å². The number of ether oxygens (including phenoxy) is 1. The quantitative estimate of drug-likeness (QED) is 0.662. The van der Waals surface area contributed by atoms with Gasteiger partial charge in [0.15, 0.2) is 0 Å². The second-order valence-electron chi connectivity index (χ2n) is 2.80. The van der Waals surface area contributed by atoms with Crippen LogP contribution >= 0.6 is 11.8 Å². The van der Waals surface area contributed by atoms with E-state index in [0.717, 1.165) is 17.3 Å². The van der Waals surface area contributed by atoms with Gasteiger partial charge >= 0.3 is 0 Å². The molecule has 75 valence electrons. The molecule has 0 N–H and O–H groups in total. The normalized spacial score (nSPS) is 9.79. The molecule has 0 aliphatic heterocycles. The molecule has 0 aliphatic rings. The molecule has 2 heteroatoms. The fourth-order valence-corrected chi connectivity index (χ4v) is 1.60. The summed E-state index contributed by atoms with van der Waals surface area (Å²) in [5.41, 5.74) is 1.31. The van der Waals surface area contributed by atoms with Crippen LogP contribution < -0.4 is 4.74 Å². The molecule has 0 amide bonds. The molecule has 0 fully saturated rings. The van der Waals surface area contributed by atoms with Crippen molar-refractivity contribution in [1.82, 2.24) is 0 Å². The molecule has 0 atom stereocenters. The summed E-state index contributed by atoms with van der Waals surface area (Å²) in [5.74, 6) is 2.83.